The van der Waals surface area contributed by atoms with E-state index in [1.165, 1.54) is 5.57 Å². The van der Waals surface area contributed by atoms with Crippen molar-refractivity contribution in [1.29, 1.82) is 0 Å². The number of carbonyl (C=O) groups is 1. The van der Waals surface area contributed by atoms with E-state index in [-0.39, 0.29) is 16.4 Å². The molecule has 0 aromatic carbocycles. The fraction of sp³-hybridized carbons (Fsp3) is 0.800. The van der Waals surface area contributed by atoms with Crippen LogP contribution in [0.15, 0.2) is 11.6 Å². The average molecular weight is 266 g/mol. The fourth-order valence-corrected chi connectivity index (χ4v) is 3.67. The number of hydrogen-bond acceptors (Lipinski definition) is 2. The Labute approximate surface area is 112 Å². The van der Waals surface area contributed by atoms with Crippen LogP contribution in [0.2, 0.25) is 18.1 Å². The molecule has 0 aromatic rings. The molecule has 0 heterocycles. The Morgan fingerprint density at radius 3 is 2.44 bits per heavy atom. The molecule has 2 aliphatic carbocycles. The first-order valence-electron chi connectivity index (χ1n) is 6.93. The van der Waals surface area contributed by atoms with Crippen molar-refractivity contribution in [3.05, 3.63) is 11.6 Å². The van der Waals surface area contributed by atoms with E-state index in [1.54, 1.807) is 0 Å². The van der Waals surface area contributed by atoms with Crippen LogP contribution in [0.4, 0.5) is 0 Å². The van der Waals surface area contributed by atoms with Crippen molar-refractivity contribution in [3.8, 4) is 0 Å². The van der Waals surface area contributed by atoms with E-state index in [9.17, 15) is 4.79 Å². The zero-order valence-corrected chi connectivity index (χ0v) is 13.6. The average Bonchev–Trinajstić information content (AvgIpc) is 2.64. The van der Waals surface area contributed by atoms with Gasteiger partial charge in [-0.1, -0.05) is 33.8 Å². The minimum atomic E-state index is -1.68. The first kappa shape index (κ1) is 14.0. The third kappa shape index (κ3) is 2.23. The Hall–Kier alpha value is -0.413. The molecule has 2 bridgehead atoms. The summed E-state index contributed by atoms with van der Waals surface area (Å²) in [7, 11) is -1.68. The summed E-state index contributed by atoms with van der Waals surface area (Å²) >= 11 is 0. The Morgan fingerprint density at radius 2 is 2.06 bits per heavy atom. The van der Waals surface area contributed by atoms with Crippen molar-refractivity contribution in [2.45, 2.75) is 58.7 Å². The standard InChI is InChI=1S/C15H26O2Si/c1-14(2,3)18(5,6)17-10-12-7-11-8-15(12,4)9-13(11)16/h7,11H,8-10H2,1-6H3/t11-,15+/m1/s1. The van der Waals surface area contributed by atoms with Gasteiger partial charge in [0.15, 0.2) is 8.32 Å². The van der Waals surface area contributed by atoms with Crippen molar-refractivity contribution in [2.75, 3.05) is 6.61 Å². The topological polar surface area (TPSA) is 26.3 Å². The second-order valence-corrected chi connectivity index (χ2v) is 12.6. The van der Waals surface area contributed by atoms with Crippen molar-refractivity contribution in [1.82, 2.24) is 0 Å². The summed E-state index contributed by atoms with van der Waals surface area (Å²) < 4.78 is 6.29. The normalized spacial score (nSPS) is 32.0. The summed E-state index contributed by atoms with van der Waals surface area (Å²) in [4.78, 5) is 11.7. The highest BCUT2D eigenvalue weighted by atomic mass is 28.4. The molecule has 1 saturated carbocycles. The number of hydrogen-bond donors (Lipinski definition) is 0. The smallest absolute Gasteiger partial charge is 0.192 e. The van der Waals surface area contributed by atoms with Crippen LogP contribution in [0.3, 0.4) is 0 Å². The molecular weight excluding hydrogens is 240 g/mol. The van der Waals surface area contributed by atoms with Gasteiger partial charge in [-0.3, -0.25) is 4.79 Å². The second-order valence-electron chi connectivity index (χ2n) is 7.76. The maximum Gasteiger partial charge on any atom is 0.192 e. The molecule has 18 heavy (non-hydrogen) atoms. The molecule has 2 nitrogen and oxygen atoms in total. The van der Waals surface area contributed by atoms with E-state index in [2.05, 4.69) is 46.9 Å². The van der Waals surface area contributed by atoms with Gasteiger partial charge in [-0.15, -0.1) is 0 Å². The summed E-state index contributed by atoms with van der Waals surface area (Å²) in [5.41, 5.74) is 1.47. The molecule has 0 N–H and O–H groups in total. The number of fused-ring (bicyclic) bond motifs is 2. The Kier molecular flexibility index (Phi) is 3.14. The zero-order valence-electron chi connectivity index (χ0n) is 12.6. The van der Waals surface area contributed by atoms with Crippen LogP contribution in [0.5, 0.6) is 0 Å². The van der Waals surface area contributed by atoms with Crippen molar-refractivity contribution >= 4 is 14.1 Å². The lowest BCUT2D eigenvalue weighted by atomic mass is 9.83. The predicted octanol–water partition coefficient (Wildman–Crippen LogP) is 3.93. The molecule has 0 aliphatic heterocycles. The van der Waals surface area contributed by atoms with Crippen molar-refractivity contribution in [3.63, 3.8) is 0 Å². The Bertz CT molecular complexity index is 403. The van der Waals surface area contributed by atoms with E-state index in [1.807, 2.05) is 0 Å². The maximum absolute atomic E-state index is 11.7. The lowest BCUT2D eigenvalue weighted by molar-refractivity contribution is -0.120. The minimum Gasteiger partial charge on any atom is -0.413 e. The molecule has 2 atom stereocenters. The Balaban J connectivity index is 2.03. The van der Waals surface area contributed by atoms with Crippen molar-refractivity contribution < 1.29 is 9.22 Å². The number of Topliss-reactive ketones (excluding diaryl/α,β-unsaturated/α-hetero) is 1. The minimum absolute atomic E-state index is 0.101. The first-order chi connectivity index (χ1) is 8.05. The second kappa shape index (κ2) is 4.04. The summed E-state index contributed by atoms with van der Waals surface area (Å²) in [6, 6.07) is 0. The fourth-order valence-electron chi connectivity index (χ4n) is 2.72. The Morgan fingerprint density at radius 1 is 1.44 bits per heavy atom. The van der Waals surface area contributed by atoms with Gasteiger partial charge in [0, 0.05) is 12.3 Å². The third-order valence-corrected chi connectivity index (χ3v) is 9.70. The highest BCUT2D eigenvalue weighted by Crippen LogP contribution is 2.52. The van der Waals surface area contributed by atoms with Crippen LogP contribution in [-0.2, 0) is 9.22 Å². The number of rotatable bonds is 3. The molecule has 102 valence electrons. The van der Waals surface area contributed by atoms with Crippen molar-refractivity contribution in [2.24, 2.45) is 11.3 Å². The molecule has 3 heteroatoms. The predicted molar refractivity (Wildman–Crippen MR) is 77.1 cm³/mol. The monoisotopic (exact) mass is 266 g/mol. The third-order valence-electron chi connectivity index (χ3n) is 5.22. The van der Waals surface area contributed by atoms with Gasteiger partial charge in [0.05, 0.1) is 6.61 Å². The summed E-state index contributed by atoms with van der Waals surface area (Å²) in [5.74, 6) is 0.613. The SMILES string of the molecule is CC(C)(C)[Si](C)(C)OCC1=C[C@@H]2C[C@@]1(C)CC2=O. The molecule has 0 aromatic heterocycles. The maximum atomic E-state index is 11.7. The van der Waals surface area contributed by atoms with Crippen LogP contribution in [-0.4, -0.2) is 20.7 Å². The van der Waals surface area contributed by atoms with E-state index in [4.69, 9.17) is 4.43 Å². The van der Waals surface area contributed by atoms with Gasteiger partial charge in [0.1, 0.15) is 5.78 Å². The van der Waals surface area contributed by atoms with Crippen LogP contribution in [0, 0.1) is 11.3 Å². The van der Waals surface area contributed by atoms with Crippen LogP contribution in [0.1, 0.15) is 40.5 Å². The van der Waals surface area contributed by atoms with Gasteiger partial charge in [0.2, 0.25) is 0 Å². The first-order valence-corrected chi connectivity index (χ1v) is 9.84. The number of carbonyl (C=O) groups excluding carboxylic acids is 1. The van der Waals surface area contributed by atoms with Gasteiger partial charge in [-0.05, 0) is 35.5 Å². The molecule has 0 radical (unpaired) electrons. The van der Waals surface area contributed by atoms with E-state index in [0.717, 1.165) is 19.4 Å². The number of ketones is 1. The highest BCUT2D eigenvalue weighted by Gasteiger charge is 2.48. The zero-order chi connectivity index (χ0) is 13.8. The highest BCUT2D eigenvalue weighted by molar-refractivity contribution is 6.74. The van der Waals surface area contributed by atoms with Gasteiger partial charge in [-0.2, -0.15) is 0 Å². The van der Waals surface area contributed by atoms with Gasteiger partial charge >= 0.3 is 0 Å². The molecule has 0 unspecified atom stereocenters. The molecule has 2 rings (SSSR count). The summed E-state index contributed by atoms with van der Waals surface area (Å²) in [5, 5.41) is 0.252. The van der Waals surface area contributed by atoms with Crippen LogP contribution < -0.4 is 0 Å². The molecular formula is C15H26O2Si. The molecule has 2 aliphatic rings. The molecule has 0 spiro atoms. The van der Waals surface area contributed by atoms with Crippen LogP contribution >= 0.6 is 0 Å². The largest absolute Gasteiger partial charge is 0.413 e. The quantitative estimate of drug-likeness (QED) is 0.571. The van der Waals surface area contributed by atoms with Gasteiger partial charge in [0.25, 0.3) is 0 Å². The lowest BCUT2D eigenvalue weighted by Crippen LogP contribution is -2.41. The molecule has 0 amide bonds. The van der Waals surface area contributed by atoms with E-state index < -0.39 is 8.32 Å². The summed E-state index contributed by atoms with van der Waals surface area (Å²) in [6.45, 7) is 14.3. The lowest BCUT2D eigenvalue weighted by Gasteiger charge is -2.37. The van der Waals surface area contributed by atoms with Crippen LogP contribution in [0.25, 0.3) is 0 Å². The van der Waals surface area contributed by atoms with E-state index >= 15 is 0 Å². The van der Waals surface area contributed by atoms with Gasteiger partial charge in [-0.25, -0.2) is 0 Å². The van der Waals surface area contributed by atoms with Gasteiger partial charge < -0.3 is 4.43 Å². The summed E-state index contributed by atoms with van der Waals surface area (Å²) in [6.07, 6.45) is 3.92. The molecule has 1 fully saturated rings. The van der Waals surface area contributed by atoms with E-state index in [0.29, 0.717) is 5.78 Å². The molecule has 0 saturated heterocycles. The number of allylic oxidation sites excluding steroid dienone is 1.